The third-order valence-corrected chi connectivity index (χ3v) is 8.34. The van der Waals surface area contributed by atoms with E-state index in [1.54, 1.807) is 6.08 Å². The third kappa shape index (κ3) is 7.22. The molecule has 0 spiro atoms. The molecule has 1 unspecified atom stereocenters. The number of hydrogen-bond donors (Lipinski definition) is 0. The third-order valence-electron chi connectivity index (χ3n) is 3.83. The average Bonchev–Trinajstić information content (AvgIpc) is 2.31. The molecule has 0 N–H and O–H groups in total. The van der Waals surface area contributed by atoms with Gasteiger partial charge in [-0.05, 0) is 24.6 Å². The largest absolute Gasteiger partial charge is 0.462 e. The van der Waals surface area contributed by atoms with Crippen LogP contribution in [0.1, 0.15) is 41.0 Å². The minimum atomic E-state index is -2.05. The standard InChI is InChI=1S/C16H30O5Si/c1-9-10-14(21-22(7,8)16(4,5)6)15(20-13(3)18)11-19-12(2)17/h9,14-15H,1,10-11H2,2-8H3/t14-,15?/m0/s1. The molecule has 0 amide bonds. The predicted molar refractivity (Wildman–Crippen MR) is 89.1 cm³/mol. The van der Waals surface area contributed by atoms with Crippen molar-refractivity contribution < 1.29 is 23.5 Å². The molecule has 0 saturated heterocycles. The van der Waals surface area contributed by atoms with Crippen molar-refractivity contribution in [2.45, 2.75) is 71.4 Å². The van der Waals surface area contributed by atoms with E-state index in [1.807, 2.05) is 0 Å². The van der Waals surface area contributed by atoms with Crippen molar-refractivity contribution in [3.8, 4) is 0 Å². The number of carbonyl (C=O) groups is 2. The summed E-state index contributed by atoms with van der Waals surface area (Å²) in [6.07, 6.45) is 1.24. The second-order valence-electron chi connectivity index (χ2n) is 6.89. The second-order valence-corrected chi connectivity index (χ2v) is 11.6. The maximum absolute atomic E-state index is 11.3. The lowest BCUT2D eigenvalue weighted by Gasteiger charge is -2.40. The van der Waals surface area contributed by atoms with Gasteiger partial charge in [0.2, 0.25) is 0 Å². The summed E-state index contributed by atoms with van der Waals surface area (Å²) in [7, 11) is -2.05. The molecule has 0 aromatic heterocycles. The highest BCUT2D eigenvalue weighted by atomic mass is 28.4. The fourth-order valence-electron chi connectivity index (χ4n) is 1.63. The number of carbonyl (C=O) groups excluding carboxylic acids is 2. The highest BCUT2D eigenvalue weighted by Crippen LogP contribution is 2.38. The molecule has 0 aliphatic carbocycles. The Morgan fingerprint density at radius 3 is 2.05 bits per heavy atom. The first kappa shape index (κ1) is 20.9. The molecule has 0 saturated carbocycles. The molecule has 0 aromatic carbocycles. The zero-order valence-electron chi connectivity index (χ0n) is 14.9. The molecule has 0 heterocycles. The molecule has 0 rings (SSSR count). The summed E-state index contributed by atoms with van der Waals surface area (Å²) in [4.78, 5) is 22.4. The fourth-order valence-corrected chi connectivity index (χ4v) is 2.98. The highest BCUT2D eigenvalue weighted by molar-refractivity contribution is 6.74. The van der Waals surface area contributed by atoms with Crippen LogP contribution in [0.5, 0.6) is 0 Å². The minimum Gasteiger partial charge on any atom is -0.462 e. The second kappa shape index (κ2) is 8.48. The summed E-state index contributed by atoms with van der Waals surface area (Å²) in [5, 5.41) is 0.0224. The van der Waals surface area contributed by atoms with Crippen LogP contribution in [-0.2, 0) is 23.5 Å². The van der Waals surface area contributed by atoms with Crippen LogP contribution in [0.3, 0.4) is 0 Å². The van der Waals surface area contributed by atoms with E-state index in [0.29, 0.717) is 6.42 Å². The zero-order valence-corrected chi connectivity index (χ0v) is 15.9. The number of rotatable bonds is 8. The van der Waals surface area contributed by atoms with Crippen LogP contribution in [0.2, 0.25) is 18.1 Å². The smallest absolute Gasteiger partial charge is 0.303 e. The Morgan fingerprint density at radius 2 is 1.68 bits per heavy atom. The Bertz CT molecular complexity index is 398. The van der Waals surface area contributed by atoms with Crippen LogP contribution >= 0.6 is 0 Å². The van der Waals surface area contributed by atoms with Gasteiger partial charge < -0.3 is 13.9 Å². The fraction of sp³-hybridized carbons (Fsp3) is 0.750. The van der Waals surface area contributed by atoms with Crippen molar-refractivity contribution in [3.05, 3.63) is 12.7 Å². The van der Waals surface area contributed by atoms with Gasteiger partial charge in [0.05, 0.1) is 6.10 Å². The van der Waals surface area contributed by atoms with Gasteiger partial charge in [-0.3, -0.25) is 9.59 Å². The van der Waals surface area contributed by atoms with Crippen molar-refractivity contribution in [1.82, 2.24) is 0 Å². The van der Waals surface area contributed by atoms with E-state index < -0.39 is 26.4 Å². The normalized spacial score (nSPS) is 14.9. The van der Waals surface area contributed by atoms with Crippen LogP contribution in [0.15, 0.2) is 12.7 Å². The van der Waals surface area contributed by atoms with Crippen LogP contribution < -0.4 is 0 Å². The van der Waals surface area contributed by atoms with Gasteiger partial charge in [0.25, 0.3) is 0 Å². The summed E-state index contributed by atoms with van der Waals surface area (Å²) in [6.45, 7) is 17.0. The Balaban J connectivity index is 5.21. The quantitative estimate of drug-likeness (QED) is 0.387. The molecule has 5 nitrogen and oxygen atoms in total. The summed E-state index contributed by atoms with van der Waals surface area (Å²) in [6, 6.07) is 0. The van der Waals surface area contributed by atoms with Crippen molar-refractivity contribution in [2.75, 3.05) is 6.61 Å². The molecule has 0 fully saturated rings. The van der Waals surface area contributed by atoms with Crippen LogP contribution in [0, 0.1) is 0 Å². The van der Waals surface area contributed by atoms with E-state index in [1.165, 1.54) is 13.8 Å². The molecular weight excluding hydrogens is 300 g/mol. The van der Waals surface area contributed by atoms with Crippen molar-refractivity contribution in [1.29, 1.82) is 0 Å². The molecule has 0 bridgehead atoms. The predicted octanol–water partition coefficient (Wildman–Crippen LogP) is 3.45. The minimum absolute atomic E-state index is 0.0119. The lowest BCUT2D eigenvalue weighted by Crippen LogP contribution is -2.49. The number of esters is 2. The Hall–Kier alpha value is -1.14. The van der Waals surface area contributed by atoms with Crippen molar-refractivity contribution in [2.24, 2.45) is 0 Å². The molecule has 0 radical (unpaired) electrons. The van der Waals surface area contributed by atoms with Crippen molar-refractivity contribution >= 4 is 20.3 Å². The maximum Gasteiger partial charge on any atom is 0.303 e. The molecular formula is C16H30O5Si. The summed E-state index contributed by atoms with van der Waals surface area (Å²) in [5.41, 5.74) is 0. The van der Waals surface area contributed by atoms with Gasteiger partial charge in [-0.1, -0.05) is 26.8 Å². The first-order valence-corrected chi connectivity index (χ1v) is 10.4. The molecule has 128 valence electrons. The first-order chi connectivity index (χ1) is 9.90. The van der Waals surface area contributed by atoms with Crippen LogP contribution in [0.25, 0.3) is 0 Å². The summed E-state index contributed by atoms with van der Waals surface area (Å²) < 4.78 is 16.7. The van der Waals surface area contributed by atoms with Gasteiger partial charge in [-0.25, -0.2) is 0 Å². The monoisotopic (exact) mass is 330 g/mol. The van der Waals surface area contributed by atoms with E-state index in [4.69, 9.17) is 13.9 Å². The topological polar surface area (TPSA) is 61.8 Å². The molecule has 0 aliphatic heterocycles. The maximum atomic E-state index is 11.3. The lowest BCUT2D eigenvalue weighted by atomic mass is 10.1. The van der Waals surface area contributed by atoms with E-state index >= 15 is 0 Å². The molecule has 2 atom stereocenters. The SMILES string of the molecule is C=CC[C@H](O[Si](C)(C)C(C)(C)C)C(COC(C)=O)OC(C)=O. The summed E-state index contributed by atoms with van der Waals surface area (Å²) in [5.74, 6) is -0.841. The van der Waals surface area contributed by atoms with Gasteiger partial charge in [0.15, 0.2) is 14.4 Å². The Morgan fingerprint density at radius 1 is 1.14 bits per heavy atom. The van der Waals surface area contributed by atoms with Gasteiger partial charge in [-0.15, -0.1) is 6.58 Å². The highest BCUT2D eigenvalue weighted by Gasteiger charge is 2.41. The van der Waals surface area contributed by atoms with E-state index in [2.05, 4.69) is 40.4 Å². The Labute approximate surface area is 135 Å². The molecule has 22 heavy (non-hydrogen) atoms. The van der Waals surface area contributed by atoms with Crippen LogP contribution in [-0.4, -0.2) is 39.1 Å². The van der Waals surface area contributed by atoms with Gasteiger partial charge >= 0.3 is 11.9 Å². The lowest BCUT2D eigenvalue weighted by molar-refractivity contribution is -0.162. The Kier molecular flexibility index (Phi) is 8.04. The van der Waals surface area contributed by atoms with E-state index in [9.17, 15) is 9.59 Å². The van der Waals surface area contributed by atoms with Crippen molar-refractivity contribution in [3.63, 3.8) is 0 Å². The van der Waals surface area contributed by atoms with E-state index in [0.717, 1.165) is 0 Å². The molecule has 0 aliphatic rings. The number of ether oxygens (including phenoxy) is 2. The number of hydrogen-bond acceptors (Lipinski definition) is 5. The van der Waals surface area contributed by atoms with Gasteiger partial charge in [-0.2, -0.15) is 0 Å². The van der Waals surface area contributed by atoms with Gasteiger partial charge in [0, 0.05) is 13.8 Å². The average molecular weight is 330 g/mol. The van der Waals surface area contributed by atoms with E-state index in [-0.39, 0.29) is 17.7 Å². The summed E-state index contributed by atoms with van der Waals surface area (Å²) >= 11 is 0. The molecule has 0 aromatic rings. The zero-order chi connectivity index (χ0) is 17.6. The first-order valence-electron chi connectivity index (χ1n) is 7.50. The van der Waals surface area contributed by atoms with Gasteiger partial charge in [0.1, 0.15) is 6.61 Å². The van der Waals surface area contributed by atoms with Crippen LogP contribution in [0.4, 0.5) is 0 Å². The molecule has 6 heteroatoms.